The van der Waals surface area contributed by atoms with Gasteiger partial charge in [-0.2, -0.15) is 0 Å². The maximum absolute atomic E-state index is 11.2. The summed E-state index contributed by atoms with van der Waals surface area (Å²) in [6.07, 6.45) is 2.96. The lowest BCUT2D eigenvalue weighted by molar-refractivity contribution is -0.138. The smallest absolute Gasteiger partial charge is 0.227 e. The van der Waals surface area contributed by atoms with E-state index in [0.29, 0.717) is 12.8 Å². The van der Waals surface area contributed by atoms with Gasteiger partial charge in [-0.3, -0.25) is 14.9 Å². The highest BCUT2D eigenvalue weighted by Gasteiger charge is 2.40. The molecule has 2 heterocycles. The molecule has 0 bridgehead atoms. The molecule has 0 aliphatic carbocycles. The van der Waals surface area contributed by atoms with Crippen LogP contribution in [-0.2, 0) is 9.59 Å². The SMILES string of the molecule is Cl.O=C1CC2(CCNCC2)CC(=O)N1. The molecule has 4 nitrogen and oxygen atoms in total. The third-order valence-corrected chi connectivity index (χ3v) is 3.01. The molecule has 0 saturated carbocycles. The van der Waals surface area contributed by atoms with Crippen molar-refractivity contribution in [1.82, 2.24) is 10.6 Å². The van der Waals surface area contributed by atoms with Gasteiger partial charge in [0.2, 0.25) is 11.8 Å². The summed E-state index contributed by atoms with van der Waals surface area (Å²) in [5.41, 5.74) is -0.0231. The molecule has 2 aliphatic heterocycles. The summed E-state index contributed by atoms with van der Waals surface area (Å²) in [5, 5.41) is 5.60. The number of rotatable bonds is 0. The zero-order valence-electron chi connectivity index (χ0n) is 7.97. The van der Waals surface area contributed by atoms with Gasteiger partial charge in [-0.05, 0) is 31.3 Å². The highest BCUT2D eigenvalue weighted by molar-refractivity contribution is 5.98. The summed E-state index contributed by atoms with van der Waals surface area (Å²) < 4.78 is 0. The van der Waals surface area contributed by atoms with Gasteiger partial charge in [-0.15, -0.1) is 12.4 Å². The first-order valence-electron chi connectivity index (χ1n) is 4.74. The Hall–Kier alpha value is -0.610. The summed E-state index contributed by atoms with van der Waals surface area (Å²) in [7, 11) is 0. The van der Waals surface area contributed by atoms with Crippen LogP contribution < -0.4 is 10.6 Å². The zero-order valence-corrected chi connectivity index (χ0v) is 8.78. The van der Waals surface area contributed by atoms with Gasteiger partial charge in [0, 0.05) is 12.8 Å². The van der Waals surface area contributed by atoms with Crippen molar-refractivity contribution in [2.24, 2.45) is 5.41 Å². The lowest BCUT2D eigenvalue weighted by Gasteiger charge is -2.39. The zero-order chi connectivity index (χ0) is 9.31. The molecule has 14 heavy (non-hydrogen) atoms. The fourth-order valence-electron chi connectivity index (χ4n) is 2.30. The highest BCUT2D eigenvalue weighted by Crippen LogP contribution is 2.38. The first-order valence-corrected chi connectivity index (χ1v) is 4.74. The van der Waals surface area contributed by atoms with E-state index in [1.165, 1.54) is 0 Å². The van der Waals surface area contributed by atoms with E-state index in [-0.39, 0.29) is 29.6 Å². The number of halogens is 1. The van der Waals surface area contributed by atoms with Crippen LogP contribution in [0, 0.1) is 5.41 Å². The van der Waals surface area contributed by atoms with Crippen LogP contribution in [0.1, 0.15) is 25.7 Å². The number of nitrogens with one attached hydrogen (secondary N) is 2. The molecule has 2 fully saturated rings. The predicted octanol–water partition coefficient (Wildman–Crippen LogP) is 0.215. The Labute approximate surface area is 89.2 Å². The Bertz CT molecular complexity index is 231. The van der Waals surface area contributed by atoms with Gasteiger partial charge in [0.05, 0.1) is 0 Å². The summed E-state index contributed by atoms with van der Waals surface area (Å²) in [5.74, 6) is -0.198. The molecule has 0 aromatic rings. The second kappa shape index (κ2) is 4.28. The lowest BCUT2D eigenvalue weighted by Crippen LogP contribution is -2.48. The molecular weight excluding hydrogens is 204 g/mol. The summed E-state index contributed by atoms with van der Waals surface area (Å²) in [4.78, 5) is 22.4. The molecule has 2 rings (SSSR count). The average molecular weight is 219 g/mol. The minimum absolute atomic E-state index is 0. The van der Waals surface area contributed by atoms with Crippen molar-refractivity contribution in [3.63, 3.8) is 0 Å². The van der Waals surface area contributed by atoms with Crippen LogP contribution in [0.25, 0.3) is 0 Å². The van der Waals surface area contributed by atoms with Gasteiger partial charge < -0.3 is 5.32 Å². The number of carbonyl (C=O) groups is 2. The van der Waals surface area contributed by atoms with Crippen molar-refractivity contribution in [1.29, 1.82) is 0 Å². The standard InChI is InChI=1S/C9H14N2O2.ClH/c12-7-5-9(6-8(13)11-7)1-3-10-4-2-9;/h10H,1-6H2,(H,11,12,13);1H. The summed E-state index contributed by atoms with van der Waals surface area (Å²) >= 11 is 0. The maximum Gasteiger partial charge on any atom is 0.227 e. The van der Waals surface area contributed by atoms with Gasteiger partial charge in [-0.25, -0.2) is 0 Å². The molecule has 0 unspecified atom stereocenters. The van der Waals surface area contributed by atoms with Crippen LogP contribution in [0.4, 0.5) is 0 Å². The third-order valence-electron chi connectivity index (χ3n) is 3.01. The molecule has 2 saturated heterocycles. The van der Waals surface area contributed by atoms with Crippen LogP contribution >= 0.6 is 12.4 Å². The monoisotopic (exact) mass is 218 g/mol. The molecule has 0 atom stereocenters. The van der Waals surface area contributed by atoms with Crippen molar-refractivity contribution in [3.05, 3.63) is 0 Å². The molecular formula is C9H15ClN2O2. The minimum atomic E-state index is -0.0989. The molecule has 80 valence electrons. The topological polar surface area (TPSA) is 58.2 Å². The number of amides is 2. The molecule has 1 spiro atoms. The van der Waals surface area contributed by atoms with E-state index >= 15 is 0 Å². The molecule has 0 aromatic carbocycles. The summed E-state index contributed by atoms with van der Waals surface area (Å²) in [6, 6.07) is 0. The van der Waals surface area contributed by atoms with E-state index in [0.717, 1.165) is 25.9 Å². The molecule has 2 aliphatic rings. The summed E-state index contributed by atoms with van der Waals surface area (Å²) in [6.45, 7) is 1.86. The quantitative estimate of drug-likeness (QED) is 0.572. The number of hydrogen-bond donors (Lipinski definition) is 2. The van der Waals surface area contributed by atoms with Crippen molar-refractivity contribution in [2.75, 3.05) is 13.1 Å². The second-order valence-electron chi connectivity index (χ2n) is 4.07. The van der Waals surface area contributed by atoms with Crippen molar-refractivity contribution >= 4 is 24.2 Å². The number of carbonyl (C=O) groups excluding carboxylic acids is 2. The Morgan fingerprint density at radius 3 is 2.00 bits per heavy atom. The predicted molar refractivity (Wildman–Crippen MR) is 54.2 cm³/mol. The number of imide groups is 1. The minimum Gasteiger partial charge on any atom is -0.317 e. The van der Waals surface area contributed by atoms with Gasteiger partial charge in [-0.1, -0.05) is 0 Å². The van der Waals surface area contributed by atoms with Crippen molar-refractivity contribution in [2.45, 2.75) is 25.7 Å². The van der Waals surface area contributed by atoms with Gasteiger partial charge in [0.25, 0.3) is 0 Å². The Balaban J connectivity index is 0.000000980. The Morgan fingerprint density at radius 2 is 1.50 bits per heavy atom. The average Bonchev–Trinajstić information content (AvgIpc) is 2.02. The molecule has 2 N–H and O–H groups in total. The Kier molecular flexibility index (Phi) is 3.50. The molecule has 2 amide bonds. The van der Waals surface area contributed by atoms with Crippen LogP contribution in [-0.4, -0.2) is 24.9 Å². The second-order valence-corrected chi connectivity index (χ2v) is 4.07. The first kappa shape index (κ1) is 11.5. The third kappa shape index (κ3) is 2.25. The van der Waals surface area contributed by atoms with E-state index < -0.39 is 0 Å². The number of piperidine rings is 2. The van der Waals surface area contributed by atoms with E-state index in [9.17, 15) is 9.59 Å². The lowest BCUT2D eigenvalue weighted by atomic mass is 9.71. The van der Waals surface area contributed by atoms with Crippen LogP contribution in [0.15, 0.2) is 0 Å². The first-order chi connectivity index (χ1) is 6.20. The maximum atomic E-state index is 11.2. The van der Waals surface area contributed by atoms with Crippen LogP contribution in [0.5, 0.6) is 0 Å². The van der Waals surface area contributed by atoms with E-state index in [1.807, 2.05) is 0 Å². The molecule has 0 aromatic heterocycles. The fourth-order valence-corrected chi connectivity index (χ4v) is 2.30. The van der Waals surface area contributed by atoms with Gasteiger partial charge in [0.15, 0.2) is 0 Å². The van der Waals surface area contributed by atoms with Crippen molar-refractivity contribution < 1.29 is 9.59 Å². The van der Waals surface area contributed by atoms with E-state index in [4.69, 9.17) is 0 Å². The fraction of sp³-hybridized carbons (Fsp3) is 0.778. The van der Waals surface area contributed by atoms with Crippen LogP contribution in [0.3, 0.4) is 0 Å². The largest absolute Gasteiger partial charge is 0.317 e. The van der Waals surface area contributed by atoms with E-state index in [2.05, 4.69) is 10.6 Å². The Morgan fingerprint density at radius 1 is 1.00 bits per heavy atom. The van der Waals surface area contributed by atoms with Crippen LogP contribution in [0.2, 0.25) is 0 Å². The highest BCUT2D eigenvalue weighted by atomic mass is 35.5. The van der Waals surface area contributed by atoms with Crippen molar-refractivity contribution in [3.8, 4) is 0 Å². The van der Waals surface area contributed by atoms with Gasteiger partial charge >= 0.3 is 0 Å². The van der Waals surface area contributed by atoms with Gasteiger partial charge in [0.1, 0.15) is 0 Å². The molecule has 0 radical (unpaired) electrons. The normalized spacial score (nSPS) is 25.4. The van der Waals surface area contributed by atoms with E-state index in [1.54, 1.807) is 0 Å². The number of hydrogen-bond acceptors (Lipinski definition) is 3. The molecule has 5 heteroatoms.